The van der Waals surface area contributed by atoms with E-state index in [1.165, 1.54) is 6.07 Å². The molecule has 0 aliphatic rings. The molecule has 7 nitrogen and oxygen atoms in total. The number of carbonyl (C=O) groups excluding carboxylic acids is 1. The first-order chi connectivity index (χ1) is 11.6. The number of rotatable bonds is 5. The fourth-order valence-electron chi connectivity index (χ4n) is 2.03. The molecule has 1 amide bonds. The number of nitrogens with one attached hydrogen (secondary N) is 1. The maximum atomic E-state index is 11.8. The van der Waals surface area contributed by atoms with E-state index in [1.807, 2.05) is 6.92 Å². The third-order valence-electron chi connectivity index (χ3n) is 3.27. The molecule has 0 spiro atoms. The number of hydrogen-bond donors (Lipinski definition) is 1. The normalized spacial score (nSPS) is 10.5. The molecule has 0 unspecified atom stereocenters. The molecule has 1 aromatic carbocycles. The van der Waals surface area contributed by atoms with Gasteiger partial charge in [-0.15, -0.1) is 0 Å². The second-order valence-corrected chi connectivity index (χ2v) is 5.17. The van der Waals surface area contributed by atoms with Gasteiger partial charge in [0, 0.05) is 23.7 Å². The number of aryl methyl sites for hydroxylation is 1. The van der Waals surface area contributed by atoms with Gasteiger partial charge in [-0.3, -0.25) is 14.8 Å². The van der Waals surface area contributed by atoms with Crippen molar-refractivity contribution in [1.29, 1.82) is 0 Å². The maximum absolute atomic E-state index is 11.8. The van der Waals surface area contributed by atoms with Crippen LogP contribution in [0.1, 0.15) is 11.4 Å². The van der Waals surface area contributed by atoms with E-state index in [1.54, 1.807) is 36.7 Å². The van der Waals surface area contributed by atoms with Crippen LogP contribution in [0.2, 0.25) is 0 Å². The van der Waals surface area contributed by atoms with Gasteiger partial charge < -0.3 is 14.5 Å². The Morgan fingerprint density at radius 3 is 2.83 bits per heavy atom. The van der Waals surface area contributed by atoms with Gasteiger partial charge in [-0.1, -0.05) is 0 Å². The van der Waals surface area contributed by atoms with Crippen LogP contribution in [0.25, 0.3) is 11.0 Å². The zero-order valence-corrected chi connectivity index (χ0v) is 13.0. The zero-order chi connectivity index (χ0) is 16.9. The average Bonchev–Trinajstić information content (AvgIpc) is 2.59. The Morgan fingerprint density at radius 2 is 2.04 bits per heavy atom. The van der Waals surface area contributed by atoms with Gasteiger partial charge in [0.1, 0.15) is 11.3 Å². The van der Waals surface area contributed by atoms with Gasteiger partial charge >= 0.3 is 5.63 Å². The molecular formula is C17H15N3O4. The number of nitrogens with zero attached hydrogens (tertiary/aromatic N) is 2. The van der Waals surface area contributed by atoms with E-state index in [4.69, 9.17) is 9.15 Å². The summed E-state index contributed by atoms with van der Waals surface area (Å²) in [5, 5.41) is 3.48. The number of carbonyl (C=O) groups is 1. The summed E-state index contributed by atoms with van der Waals surface area (Å²) in [6.45, 7) is 1.97. The van der Waals surface area contributed by atoms with Crippen molar-refractivity contribution >= 4 is 16.9 Å². The smallest absolute Gasteiger partial charge is 0.336 e. The lowest BCUT2D eigenvalue weighted by Crippen LogP contribution is -2.28. The summed E-state index contributed by atoms with van der Waals surface area (Å²) in [4.78, 5) is 31.3. The van der Waals surface area contributed by atoms with Crippen LogP contribution in [-0.2, 0) is 11.3 Å². The van der Waals surface area contributed by atoms with Crippen LogP contribution in [0.5, 0.6) is 5.75 Å². The molecule has 7 heteroatoms. The molecule has 0 saturated carbocycles. The van der Waals surface area contributed by atoms with Crippen LogP contribution in [0.4, 0.5) is 0 Å². The Labute approximate surface area is 137 Å². The topological polar surface area (TPSA) is 94.3 Å². The van der Waals surface area contributed by atoms with Crippen LogP contribution >= 0.6 is 0 Å². The van der Waals surface area contributed by atoms with E-state index >= 15 is 0 Å². The number of ether oxygens (including phenoxy) is 1. The van der Waals surface area contributed by atoms with Gasteiger partial charge in [0.2, 0.25) is 0 Å². The molecule has 2 aromatic heterocycles. The Morgan fingerprint density at radius 1 is 1.21 bits per heavy atom. The molecule has 24 heavy (non-hydrogen) atoms. The minimum Gasteiger partial charge on any atom is -0.484 e. The first-order valence-corrected chi connectivity index (χ1v) is 7.31. The quantitative estimate of drug-likeness (QED) is 0.716. The van der Waals surface area contributed by atoms with Crippen molar-refractivity contribution < 1.29 is 13.9 Å². The van der Waals surface area contributed by atoms with Gasteiger partial charge in [-0.05, 0) is 25.1 Å². The summed E-state index contributed by atoms with van der Waals surface area (Å²) >= 11 is 0. The van der Waals surface area contributed by atoms with E-state index in [9.17, 15) is 9.59 Å². The molecule has 1 N–H and O–H groups in total. The molecule has 2 heterocycles. The highest BCUT2D eigenvalue weighted by atomic mass is 16.5. The summed E-state index contributed by atoms with van der Waals surface area (Å²) in [6, 6.07) is 8.06. The zero-order valence-electron chi connectivity index (χ0n) is 13.0. The second kappa shape index (κ2) is 6.91. The van der Waals surface area contributed by atoms with Gasteiger partial charge in [0.05, 0.1) is 24.1 Å². The molecule has 0 atom stereocenters. The number of benzene rings is 1. The molecule has 122 valence electrons. The second-order valence-electron chi connectivity index (χ2n) is 5.17. The predicted octanol–water partition coefficient (Wildman–Crippen LogP) is 1.59. The lowest BCUT2D eigenvalue weighted by molar-refractivity contribution is -0.123. The van der Waals surface area contributed by atoms with Crippen LogP contribution in [0, 0.1) is 6.92 Å². The predicted molar refractivity (Wildman–Crippen MR) is 86.6 cm³/mol. The number of amides is 1. The Kier molecular flexibility index (Phi) is 4.51. The average molecular weight is 325 g/mol. The van der Waals surface area contributed by atoms with Gasteiger partial charge in [0.15, 0.2) is 6.61 Å². The SMILES string of the molecule is Cc1cnc(CNC(=O)COc2ccc3ccc(=O)oc3c2)cn1. The summed E-state index contributed by atoms with van der Waals surface area (Å²) in [5.74, 6) is 0.161. The van der Waals surface area contributed by atoms with Crippen LogP contribution in [0.15, 0.2) is 51.9 Å². The number of hydrogen-bond acceptors (Lipinski definition) is 6. The Balaban J connectivity index is 1.55. The van der Waals surface area contributed by atoms with Crippen LogP contribution in [-0.4, -0.2) is 22.5 Å². The van der Waals surface area contributed by atoms with Crippen molar-refractivity contribution in [2.45, 2.75) is 13.5 Å². The number of aromatic nitrogens is 2. The summed E-state index contributed by atoms with van der Waals surface area (Å²) in [5.41, 5.74) is 1.46. The molecule has 0 aliphatic heterocycles. The first-order valence-electron chi connectivity index (χ1n) is 7.31. The van der Waals surface area contributed by atoms with E-state index in [0.29, 0.717) is 17.0 Å². The van der Waals surface area contributed by atoms with Crippen molar-refractivity contribution in [3.63, 3.8) is 0 Å². The molecular weight excluding hydrogens is 310 g/mol. The summed E-state index contributed by atoms with van der Waals surface area (Å²) < 4.78 is 10.5. The molecule has 0 saturated heterocycles. The first kappa shape index (κ1) is 15.7. The van der Waals surface area contributed by atoms with E-state index < -0.39 is 5.63 Å². The summed E-state index contributed by atoms with van der Waals surface area (Å²) in [6.07, 6.45) is 3.25. The van der Waals surface area contributed by atoms with Gasteiger partial charge in [-0.2, -0.15) is 0 Å². The fourth-order valence-corrected chi connectivity index (χ4v) is 2.03. The monoisotopic (exact) mass is 325 g/mol. The van der Waals surface area contributed by atoms with Crippen molar-refractivity contribution in [1.82, 2.24) is 15.3 Å². The third-order valence-corrected chi connectivity index (χ3v) is 3.27. The van der Waals surface area contributed by atoms with Crippen molar-refractivity contribution in [3.05, 3.63) is 64.5 Å². The lowest BCUT2D eigenvalue weighted by Gasteiger charge is -2.07. The van der Waals surface area contributed by atoms with Crippen LogP contribution < -0.4 is 15.7 Å². The Hall–Kier alpha value is -3.22. The van der Waals surface area contributed by atoms with Crippen molar-refractivity contribution in [2.75, 3.05) is 6.61 Å². The molecule has 0 bridgehead atoms. The maximum Gasteiger partial charge on any atom is 0.336 e. The molecule has 0 aliphatic carbocycles. The Bertz CT molecular complexity index is 919. The van der Waals surface area contributed by atoms with Crippen molar-refractivity contribution in [2.24, 2.45) is 0 Å². The highest BCUT2D eigenvalue weighted by Gasteiger charge is 2.05. The molecule has 0 radical (unpaired) electrons. The highest BCUT2D eigenvalue weighted by Crippen LogP contribution is 2.19. The summed E-state index contributed by atoms with van der Waals surface area (Å²) in [7, 11) is 0. The van der Waals surface area contributed by atoms with Gasteiger partial charge in [0.25, 0.3) is 5.91 Å². The lowest BCUT2D eigenvalue weighted by atomic mass is 10.2. The molecule has 3 rings (SSSR count). The molecule has 0 fully saturated rings. The van der Waals surface area contributed by atoms with E-state index in [2.05, 4.69) is 15.3 Å². The van der Waals surface area contributed by atoms with E-state index in [-0.39, 0.29) is 19.1 Å². The van der Waals surface area contributed by atoms with Crippen molar-refractivity contribution in [3.8, 4) is 5.75 Å². The third kappa shape index (κ3) is 3.95. The highest BCUT2D eigenvalue weighted by molar-refractivity contribution is 5.79. The minimum atomic E-state index is -0.434. The minimum absolute atomic E-state index is 0.151. The van der Waals surface area contributed by atoms with Crippen LogP contribution in [0.3, 0.4) is 0 Å². The van der Waals surface area contributed by atoms with E-state index in [0.717, 1.165) is 11.1 Å². The molecule has 3 aromatic rings. The number of fused-ring (bicyclic) bond motifs is 1. The fraction of sp³-hybridized carbons (Fsp3) is 0.176. The van der Waals surface area contributed by atoms with Gasteiger partial charge in [-0.25, -0.2) is 4.79 Å². The standard InChI is InChI=1S/C17H15N3O4/c1-11-7-19-13(8-18-11)9-20-16(21)10-23-14-4-2-12-3-5-17(22)24-15(12)6-14/h2-8H,9-10H2,1H3,(H,20,21). The largest absolute Gasteiger partial charge is 0.484 e.